The number of rotatable bonds is 11. The minimum atomic E-state index is 0.233. The summed E-state index contributed by atoms with van der Waals surface area (Å²) < 4.78 is 0. The second kappa shape index (κ2) is 11.1. The lowest BCUT2D eigenvalue weighted by Crippen LogP contribution is -2.56. The number of unbranched alkanes of at least 4 members (excludes halogenated alkanes) is 6. The molecule has 23 heavy (non-hydrogen) atoms. The smallest absolute Gasteiger partial charge is 0.219 e. The molecule has 3 nitrogen and oxygen atoms in total. The van der Waals surface area contributed by atoms with Gasteiger partial charge in [-0.2, -0.15) is 0 Å². The molecule has 1 atom stereocenters. The Balaban J connectivity index is 2.51. The van der Waals surface area contributed by atoms with Gasteiger partial charge in [0.2, 0.25) is 5.91 Å². The first-order chi connectivity index (χ1) is 11.0. The van der Waals surface area contributed by atoms with Gasteiger partial charge in [0.05, 0.1) is 0 Å². The molecule has 1 rings (SSSR count). The van der Waals surface area contributed by atoms with E-state index in [0.29, 0.717) is 5.54 Å². The van der Waals surface area contributed by atoms with Gasteiger partial charge >= 0.3 is 0 Å². The first kappa shape index (κ1) is 20.5. The monoisotopic (exact) mass is 324 g/mol. The number of hydrogen-bond acceptors (Lipinski definition) is 2. The summed E-state index contributed by atoms with van der Waals surface area (Å²) >= 11 is 0. The summed E-state index contributed by atoms with van der Waals surface area (Å²) in [6, 6.07) is 0. The average Bonchev–Trinajstić information content (AvgIpc) is 2.55. The van der Waals surface area contributed by atoms with Crippen molar-refractivity contribution in [3.63, 3.8) is 0 Å². The minimum Gasteiger partial charge on any atom is -0.340 e. The molecular formula is C20H40N2O. The second-order valence-electron chi connectivity index (χ2n) is 7.61. The molecule has 0 spiro atoms. The van der Waals surface area contributed by atoms with Crippen LogP contribution in [0.2, 0.25) is 0 Å². The normalized spacial score (nSPS) is 18.9. The summed E-state index contributed by atoms with van der Waals surface area (Å²) in [5, 5.41) is 0. The van der Waals surface area contributed by atoms with Crippen LogP contribution in [0.15, 0.2) is 0 Å². The molecule has 136 valence electrons. The largest absolute Gasteiger partial charge is 0.340 e. The van der Waals surface area contributed by atoms with E-state index in [9.17, 15) is 4.79 Å². The van der Waals surface area contributed by atoms with E-state index in [1.54, 1.807) is 6.92 Å². The van der Waals surface area contributed by atoms with Crippen molar-refractivity contribution in [2.75, 3.05) is 26.2 Å². The van der Waals surface area contributed by atoms with Crippen molar-refractivity contribution in [3.05, 3.63) is 0 Å². The number of nitrogens with zero attached hydrogens (tertiary/aromatic N) is 2. The molecule has 0 bridgehead atoms. The molecule has 3 heteroatoms. The van der Waals surface area contributed by atoms with E-state index in [1.807, 2.05) is 4.90 Å². The van der Waals surface area contributed by atoms with Crippen molar-refractivity contribution in [3.8, 4) is 0 Å². The van der Waals surface area contributed by atoms with Crippen LogP contribution >= 0.6 is 0 Å². The zero-order valence-electron chi connectivity index (χ0n) is 16.2. The third kappa shape index (κ3) is 7.24. The van der Waals surface area contributed by atoms with E-state index >= 15 is 0 Å². The summed E-state index contributed by atoms with van der Waals surface area (Å²) in [7, 11) is 0. The first-order valence-electron chi connectivity index (χ1n) is 10.0. The van der Waals surface area contributed by atoms with Crippen LogP contribution in [0.25, 0.3) is 0 Å². The predicted octanol–water partition coefficient (Wildman–Crippen LogP) is 4.85. The van der Waals surface area contributed by atoms with E-state index in [0.717, 1.165) is 26.2 Å². The topological polar surface area (TPSA) is 23.6 Å². The molecule has 1 heterocycles. The second-order valence-corrected chi connectivity index (χ2v) is 7.61. The van der Waals surface area contributed by atoms with Gasteiger partial charge in [0.25, 0.3) is 0 Å². The van der Waals surface area contributed by atoms with Crippen molar-refractivity contribution >= 4 is 5.91 Å². The molecule has 0 aliphatic carbocycles. The Bertz CT molecular complexity index is 324. The Morgan fingerprint density at radius 3 is 1.83 bits per heavy atom. The van der Waals surface area contributed by atoms with Crippen LogP contribution in [0.4, 0.5) is 0 Å². The fraction of sp³-hybridized carbons (Fsp3) is 0.950. The molecule has 0 N–H and O–H groups in total. The summed E-state index contributed by atoms with van der Waals surface area (Å²) in [6.07, 6.45) is 13.4. The molecule has 1 amide bonds. The van der Waals surface area contributed by atoms with E-state index in [2.05, 4.69) is 25.7 Å². The molecule has 1 saturated heterocycles. The van der Waals surface area contributed by atoms with Gasteiger partial charge in [0.15, 0.2) is 0 Å². The van der Waals surface area contributed by atoms with Crippen LogP contribution in [0.1, 0.15) is 91.9 Å². The van der Waals surface area contributed by atoms with E-state index in [-0.39, 0.29) is 5.91 Å². The molecule has 0 aromatic carbocycles. The van der Waals surface area contributed by atoms with Crippen molar-refractivity contribution in [1.29, 1.82) is 0 Å². The molecule has 0 aromatic heterocycles. The molecule has 1 fully saturated rings. The quantitative estimate of drug-likeness (QED) is 0.507. The van der Waals surface area contributed by atoms with Crippen LogP contribution in [0.5, 0.6) is 0 Å². The van der Waals surface area contributed by atoms with Crippen molar-refractivity contribution in [2.24, 2.45) is 0 Å². The number of hydrogen-bond donors (Lipinski definition) is 0. The Morgan fingerprint density at radius 2 is 1.30 bits per heavy atom. The standard InChI is InChI=1S/C20H40N2O/c1-5-7-9-10-12-14-20(4,13-11-8-6-2)22-17-15-21(16-18-22)19(3)23/h5-18H2,1-4H3. The van der Waals surface area contributed by atoms with Crippen LogP contribution in [-0.2, 0) is 4.79 Å². The van der Waals surface area contributed by atoms with E-state index in [1.165, 1.54) is 64.2 Å². The third-order valence-corrected chi connectivity index (χ3v) is 5.63. The lowest BCUT2D eigenvalue weighted by Gasteiger charge is -2.46. The minimum absolute atomic E-state index is 0.233. The SMILES string of the molecule is CCCCCCCC(C)(CCCCC)N1CCN(C(C)=O)CC1. The van der Waals surface area contributed by atoms with Gasteiger partial charge in [-0.1, -0.05) is 65.2 Å². The molecular weight excluding hydrogens is 284 g/mol. The zero-order valence-corrected chi connectivity index (χ0v) is 16.2. The Morgan fingerprint density at radius 1 is 0.826 bits per heavy atom. The fourth-order valence-corrected chi connectivity index (χ4v) is 3.87. The highest BCUT2D eigenvalue weighted by Crippen LogP contribution is 2.30. The van der Waals surface area contributed by atoms with E-state index in [4.69, 9.17) is 0 Å². The number of carbonyl (C=O) groups excluding carboxylic acids is 1. The van der Waals surface area contributed by atoms with Crippen LogP contribution in [0, 0.1) is 0 Å². The van der Waals surface area contributed by atoms with Gasteiger partial charge in [-0.05, 0) is 19.8 Å². The van der Waals surface area contributed by atoms with Gasteiger partial charge in [-0.15, -0.1) is 0 Å². The molecule has 0 saturated carbocycles. The Hall–Kier alpha value is -0.570. The number of carbonyl (C=O) groups is 1. The van der Waals surface area contributed by atoms with Gasteiger partial charge < -0.3 is 4.90 Å². The molecule has 0 radical (unpaired) electrons. The van der Waals surface area contributed by atoms with Crippen molar-refractivity contribution in [1.82, 2.24) is 9.80 Å². The zero-order chi connectivity index (χ0) is 17.1. The summed E-state index contributed by atoms with van der Waals surface area (Å²) in [5.74, 6) is 0.233. The third-order valence-electron chi connectivity index (χ3n) is 5.63. The molecule has 1 unspecified atom stereocenters. The maximum absolute atomic E-state index is 11.5. The van der Waals surface area contributed by atoms with Crippen molar-refractivity contribution in [2.45, 2.75) is 97.4 Å². The molecule has 0 aromatic rings. The lowest BCUT2D eigenvalue weighted by atomic mass is 9.86. The highest BCUT2D eigenvalue weighted by Gasteiger charge is 2.33. The first-order valence-corrected chi connectivity index (χ1v) is 10.0. The molecule has 1 aliphatic rings. The predicted molar refractivity (Wildman–Crippen MR) is 99.8 cm³/mol. The van der Waals surface area contributed by atoms with Gasteiger partial charge in [0, 0.05) is 38.6 Å². The summed E-state index contributed by atoms with van der Waals surface area (Å²) in [6.45, 7) is 12.7. The maximum Gasteiger partial charge on any atom is 0.219 e. The van der Waals surface area contributed by atoms with Gasteiger partial charge in [-0.3, -0.25) is 9.69 Å². The van der Waals surface area contributed by atoms with Crippen LogP contribution in [0.3, 0.4) is 0 Å². The Labute approximate surface area is 144 Å². The lowest BCUT2D eigenvalue weighted by molar-refractivity contribution is -0.131. The number of piperazine rings is 1. The summed E-state index contributed by atoms with van der Waals surface area (Å²) in [5.41, 5.74) is 0.338. The van der Waals surface area contributed by atoms with Crippen LogP contribution in [-0.4, -0.2) is 47.4 Å². The number of amides is 1. The average molecular weight is 325 g/mol. The van der Waals surface area contributed by atoms with E-state index < -0.39 is 0 Å². The fourth-order valence-electron chi connectivity index (χ4n) is 3.87. The van der Waals surface area contributed by atoms with Crippen LogP contribution < -0.4 is 0 Å². The summed E-state index contributed by atoms with van der Waals surface area (Å²) in [4.78, 5) is 16.2. The Kier molecular flexibility index (Phi) is 9.85. The molecule has 1 aliphatic heterocycles. The van der Waals surface area contributed by atoms with Gasteiger partial charge in [0.1, 0.15) is 0 Å². The highest BCUT2D eigenvalue weighted by molar-refractivity contribution is 5.73. The maximum atomic E-state index is 11.5. The highest BCUT2D eigenvalue weighted by atomic mass is 16.2. The van der Waals surface area contributed by atoms with Gasteiger partial charge in [-0.25, -0.2) is 0 Å². The van der Waals surface area contributed by atoms with Crippen molar-refractivity contribution < 1.29 is 4.79 Å².